The molecule has 0 aliphatic rings. The van der Waals surface area contributed by atoms with E-state index in [4.69, 9.17) is 4.74 Å². The van der Waals surface area contributed by atoms with Gasteiger partial charge in [-0.1, -0.05) is 0 Å². The van der Waals surface area contributed by atoms with E-state index in [-0.39, 0.29) is 28.4 Å². The van der Waals surface area contributed by atoms with Gasteiger partial charge in [-0.15, -0.1) is 0 Å². The number of amides is 1. The molecule has 32 heavy (non-hydrogen) atoms. The van der Waals surface area contributed by atoms with Crippen molar-refractivity contribution in [2.24, 2.45) is 7.05 Å². The minimum Gasteiger partial charge on any atom is -0.441 e. The molecule has 0 radical (unpaired) electrons. The maximum Gasteiger partial charge on any atom is 0.413 e. The van der Waals surface area contributed by atoms with E-state index in [0.29, 0.717) is 6.20 Å². The first-order valence-corrected chi connectivity index (χ1v) is 10.6. The van der Waals surface area contributed by atoms with Crippen molar-refractivity contribution in [3.05, 3.63) is 53.9 Å². The summed E-state index contributed by atoms with van der Waals surface area (Å²) in [5.41, 5.74) is -0.499. The van der Waals surface area contributed by atoms with Gasteiger partial charge in [0.15, 0.2) is 11.6 Å². The molecular weight excluding hydrogens is 455 g/mol. The number of ether oxygens (including phenoxy) is 1. The molecule has 0 bridgehead atoms. The Balaban J connectivity index is 1.82. The van der Waals surface area contributed by atoms with Crippen LogP contribution >= 0.6 is 0 Å². The molecule has 1 N–H and O–H groups in total. The number of rotatable bonds is 6. The molecule has 0 fully saturated rings. The molecule has 0 aromatic carbocycles. The third-order valence-electron chi connectivity index (χ3n) is 4.03. The molecular formula is C18H16F3N5O5S. The van der Waals surface area contributed by atoms with Crippen molar-refractivity contribution in [1.82, 2.24) is 19.7 Å². The van der Waals surface area contributed by atoms with E-state index in [0.717, 1.165) is 24.6 Å². The molecule has 3 heterocycles. The van der Waals surface area contributed by atoms with Crippen LogP contribution in [0.15, 0.2) is 30.7 Å². The summed E-state index contributed by atoms with van der Waals surface area (Å²) in [6, 6.07) is 1.65. The zero-order chi connectivity index (χ0) is 23.6. The molecule has 170 valence electrons. The van der Waals surface area contributed by atoms with Gasteiger partial charge in [0.2, 0.25) is 5.95 Å². The maximum atomic E-state index is 14.5. The highest BCUT2D eigenvalue weighted by Crippen LogP contribution is 2.30. The lowest BCUT2D eigenvalue weighted by Gasteiger charge is -2.15. The van der Waals surface area contributed by atoms with Crippen LogP contribution in [-0.2, 0) is 21.9 Å². The van der Waals surface area contributed by atoms with E-state index >= 15 is 0 Å². The summed E-state index contributed by atoms with van der Waals surface area (Å²) >= 11 is 0. The summed E-state index contributed by atoms with van der Waals surface area (Å²) in [7, 11) is -2.44. The van der Waals surface area contributed by atoms with Gasteiger partial charge in [-0.05, 0) is 13.0 Å². The monoisotopic (exact) mass is 471 g/mol. The van der Waals surface area contributed by atoms with Gasteiger partial charge in [-0.25, -0.2) is 23.5 Å². The topological polar surface area (TPSA) is 125 Å². The van der Waals surface area contributed by atoms with Crippen LogP contribution in [0.3, 0.4) is 0 Å². The van der Waals surface area contributed by atoms with Gasteiger partial charge in [0, 0.05) is 13.1 Å². The van der Waals surface area contributed by atoms with Crippen LogP contribution in [0.5, 0.6) is 5.75 Å². The minimum absolute atomic E-state index is 0.0248. The fourth-order valence-corrected chi connectivity index (χ4v) is 3.11. The largest absolute Gasteiger partial charge is 0.441 e. The van der Waals surface area contributed by atoms with Crippen molar-refractivity contribution >= 4 is 22.0 Å². The van der Waals surface area contributed by atoms with E-state index < -0.39 is 39.9 Å². The minimum atomic E-state index is -3.88. The SMILES string of the molecule is C[C@@H](OC(=O)Nc1c(-c2ncc(OS(C)(=O)=O)cc2F)cnn1C)c1cc(F)cnc1F. The quantitative estimate of drug-likeness (QED) is 0.430. The van der Waals surface area contributed by atoms with Crippen molar-refractivity contribution in [3.8, 4) is 17.0 Å². The molecule has 0 unspecified atom stereocenters. The third-order valence-corrected chi connectivity index (χ3v) is 4.53. The maximum absolute atomic E-state index is 14.5. The van der Waals surface area contributed by atoms with Crippen LogP contribution in [0.1, 0.15) is 18.6 Å². The Morgan fingerprint density at radius 1 is 1.16 bits per heavy atom. The molecule has 1 atom stereocenters. The van der Waals surface area contributed by atoms with Crippen LogP contribution < -0.4 is 9.50 Å². The second-order valence-corrected chi connectivity index (χ2v) is 8.10. The van der Waals surface area contributed by atoms with Gasteiger partial charge in [0.25, 0.3) is 0 Å². The number of hydrogen-bond donors (Lipinski definition) is 1. The highest BCUT2D eigenvalue weighted by molar-refractivity contribution is 7.86. The van der Waals surface area contributed by atoms with Crippen LogP contribution in [0.2, 0.25) is 0 Å². The summed E-state index contributed by atoms with van der Waals surface area (Å²) in [6.45, 7) is 1.31. The summed E-state index contributed by atoms with van der Waals surface area (Å²) in [6.07, 6.45) is 1.40. The molecule has 0 saturated carbocycles. The second-order valence-electron chi connectivity index (χ2n) is 6.53. The first-order valence-electron chi connectivity index (χ1n) is 8.80. The number of nitrogens with one attached hydrogen (secondary N) is 1. The fraction of sp³-hybridized carbons (Fsp3) is 0.222. The molecule has 1 amide bonds. The molecule has 0 aliphatic heterocycles. The van der Waals surface area contributed by atoms with Crippen LogP contribution in [-0.4, -0.2) is 40.5 Å². The molecule has 3 aromatic heterocycles. The predicted molar refractivity (Wildman–Crippen MR) is 105 cm³/mol. The zero-order valence-corrected chi connectivity index (χ0v) is 17.7. The predicted octanol–water partition coefficient (Wildman–Crippen LogP) is 2.94. The second kappa shape index (κ2) is 8.82. The smallest absolute Gasteiger partial charge is 0.413 e. The number of pyridine rings is 2. The fourth-order valence-electron chi connectivity index (χ4n) is 2.67. The zero-order valence-electron chi connectivity index (χ0n) is 16.8. The average Bonchev–Trinajstić information content (AvgIpc) is 3.02. The van der Waals surface area contributed by atoms with Gasteiger partial charge in [-0.3, -0.25) is 10.00 Å². The van der Waals surface area contributed by atoms with Gasteiger partial charge in [0.05, 0.1) is 36.0 Å². The van der Waals surface area contributed by atoms with Crippen molar-refractivity contribution in [1.29, 1.82) is 0 Å². The highest BCUT2D eigenvalue weighted by atomic mass is 32.2. The Labute approximate surface area is 180 Å². The Bertz CT molecular complexity index is 1280. The number of carbonyl (C=O) groups is 1. The molecule has 0 saturated heterocycles. The third kappa shape index (κ3) is 5.32. The van der Waals surface area contributed by atoms with E-state index in [2.05, 4.69) is 24.6 Å². The van der Waals surface area contributed by atoms with E-state index in [1.807, 2.05) is 0 Å². The molecule has 14 heteroatoms. The molecule has 3 rings (SSSR count). The van der Waals surface area contributed by atoms with Gasteiger partial charge in [0.1, 0.15) is 23.4 Å². The van der Waals surface area contributed by atoms with Crippen LogP contribution in [0.25, 0.3) is 11.3 Å². The standard InChI is InChI=1S/C18H16F3N5O5S/c1-9(12-4-10(19)6-23-16(12)21)30-18(27)25-17-13(8-24-26(17)2)15-14(20)5-11(7-22-15)31-32(3,28)29/h4-9H,1-3H3,(H,25,27)/t9-/m1/s1. The first kappa shape index (κ1) is 23.0. The van der Waals surface area contributed by atoms with Gasteiger partial charge >= 0.3 is 16.2 Å². The number of hydrogen-bond acceptors (Lipinski definition) is 8. The Morgan fingerprint density at radius 3 is 2.53 bits per heavy atom. The van der Waals surface area contributed by atoms with Crippen molar-refractivity contribution in [2.75, 3.05) is 11.6 Å². The molecule has 10 nitrogen and oxygen atoms in total. The number of nitrogens with zero attached hydrogens (tertiary/aromatic N) is 4. The van der Waals surface area contributed by atoms with Crippen molar-refractivity contribution in [2.45, 2.75) is 13.0 Å². The normalized spacial score (nSPS) is 12.3. The summed E-state index contributed by atoms with van der Waals surface area (Å²) in [5, 5.41) is 6.27. The number of halogens is 3. The average molecular weight is 471 g/mol. The molecule has 0 spiro atoms. The molecule has 0 aliphatic carbocycles. The van der Waals surface area contributed by atoms with E-state index in [9.17, 15) is 26.4 Å². The Kier molecular flexibility index (Phi) is 6.34. The van der Waals surface area contributed by atoms with Crippen molar-refractivity contribution in [3.63, 3.8) is 0 Å². The van der Waals surface area contributed by atoms with Crippen LogP contribution in [0, 0.1) is 17.6 Å². The summed E-state index contributed by atoms with van der Waals surface area (Å²) in [4.78, 5) is 19.4. The number of carbonyl (C=O) groups excluding carboxylic acids is 1. The number of anilines is 1. The lowest BCUT2D eigenvalue weighted by molar-refractivity contribution is 0.118. The Morgan fingerprint density at radius 2 is 1.88 bits per heavy atom. The number of aryl methyl sites for hydroxylation is 1. The van der Waals surface area contributed by atoms with Crippen LogP contribution in [0.4, 0.5) is 23.8 Å². The summed E-state index contributed by atoms with van der Waals surface area (Å²) in [5.74, 6) is -3.13. The lowest BCUT2D eigenvalue weighted by Crippen LogP contribution is -2.19. The lowest BCUT2D eigenvalue weighted by atomic mass is 10.2. The Hall–Kier alpha value is -3.68. The van der Waals surface area contributed by atoms with Crippen molar-refractivity contribution < 1.29 is 35.3 Å². The van der Waals surface area contributed by atoms with Gasteiger partial charge in [-0.2, -0.15) is 17.9 Å². The summed E-state index contributed by atoms with van der Waals surface area (Å²) < 4.78 is 74.8. The van der Waals surface area contributed by atoms with E-state index in [1.54, 1.807) is 0 Å². The van der Waals surface area contributed by atoms with E-state index in [1.165, 1.54) is 24.9 Å². The first-order chi connectivity index (χ1) is 14.9. The highest BCUT2D eigenvalue weighted by Gasteiger charge is 2.22. The van der Waals surface area contributed by atoms with Gasteiger partial charge < -0.3 is 8.92 Å². The molecule has 3 aromatic rings. The number of aromatic nitrogens is 4.